The number of hydrogen-bond donors (Lipinski definition) is 1. The minimum atomic E-state index is -5.11. The molecular weight excluding hydrogens is 545 g/mol. The Kier molecular flexibility index (Phi) is 6.43. The highest BCUT2D eigenvalue weighted by atomic mass is 19.4. The summed E-state index contributed by atoms with van der Waals surface area (Å²) < 4.78 is 75.1. The molecule has 220 valence electrons. The first-order chi connectivity index (χ1) is 19.2. The quantitative estimate of drug-likeness (QED) is 0.422. The van der Waals surface area contributed by atoms with E-state index in [2.05, 4.69) is 0 Å². The van der Waals surface area contributed by atoms with Gasteiger partial charge in [-0.2, -0.15) is 13.2 Å². The minimum absolute atomic E-state index is 0.0142. The van der Waals surface area contributed by atoms with Gasteiger partial charge in [-0.1, -0.05) is 24.3 Å². The molecule has 3 unspecified atom stereocenters. The first-order valence-corrected chi connectivity index (χ1v) is 14.1. The lowest BCUT2D eigenvalue weighted by molar-refractivity contribution is -0.228. The zero-order chi connectivity index (χ0) is 29.4. The molecular formula is C31H32F5NO4. The van der Waals surface area contributed by atoms with E-state index in [9.17, 15) is 36.6 Å². The van der Waals surface area contributed by atoms with Crippen molar-refractivity contribution >= 4 is 11.9 Å². The van der Waals surface area contributed by atoms with Crippen molar-refractivity contribution in [1.82, 2.24) is 4.90 Å². The van der Waals surface area contributed by atoms with E-state index in [0.717, 1.165) is 17.7 Å². The van der Waals surface area contributed by atoms with Crippen molar-refractivity contribution in [2.45, 2.75) is 75.2 Å². The third-order valence-electron chi connectivity index (χ3n) is 10.2. The number of rotatable bonds is 5. The summed E-state index contributed by atoms with van der Waals surface area (Å²) in [4.78, 5) is 27.0. The van der Waals surface area contributed by atoms with Crippen LogP contribution in [0.3, 0.4) is 0 Å². The summed E-state index contributed by atoms with van der Waals surface area (Å²) >= 11 is 0. The Balaban J connectivity index is 1.32. The molecule has 0 aromatic heterocycles. The number of carboxylic acid groups (broad SMARTS) is 1. The third-order valence-corrected chi connectivity index (χ3v) is 10.2. The fourth-order valence-corrected chi connectivity index (χ4v) is 7.85. The number of nitrogens with zero attached hydrogens (tertiary/aromatic N) is 1. The summed E-state index contributed by atoms with van der Waals surface area (Å²) in [5, 5.41) is 9.25. The Bertz CT molecular complexity index is 1360. The molecule has 3 atom stereocenters. The van der Waals surface area contributed by atoms with Gasteiger partial charge in [-0.3, -0.25) is 9.59 Å². The zero-order valence-corrected chi connectivity index (χ0v) is 22.6. The highest BCUT2D eigenvalue weighted by molar-refractivity contribution is 5.81. The van der Waals surface area contributed by atoms with E-state index in [-0.39, 0.29) is 35.5 Å². The van der Waals surface area contributed by atoms with Crippen molar-refractivity contribution in [3.05, 3.63) is 65.0 Å². The first-order valence-electron chi connectivity index (χ1n) is 14.1. The van der Waals surface area contributed by atoms with Gasteiger partial charge >= 0.3 is 12.1 Å². The number of piperidine rings is 1. The number of amides is 1. The molecule has 3 fully saturated rings. The van der Waals surface area contributed by atoms with Crippen LogP contribution in [0.1, 0.15) is 62.1 Å². The van der Waals surface area contributed by atoms with E-state index in [4.69, 9.17) is 4.74 Å². The second-order valence-corrected chi connectivity index (χ2v) is 12.7. The largest absolute Gasteiger partial charge is 0.491 e. The molecule has 1 spiro atoms. The van der Waals surface area contributed by atoms with Crippen LogP contribution in [0.5, 0.6) is 5.75 Å². The number of alkyl halides is 4. The second kappa shape index (κ2) is 9.42. The maximum atomic E-state index is 14.9. The summed E-state index contributed by atoms with van der Waals surface area (Å²) in [6, 6.07) is 9.38. The van der Waals surface area contributed by atoms with Gasteiger partial charge in [0.25, 0.3) is 0 Å². The molecule has 41 heavy (non-hydrogen) atoms. The summed E-state index contributed by atoms with van der Waals surface area (Å²) in [7, 11) is 0. The van der Waals surface area contributed by atoms with Crippen molar-refractivity contribution in [2.24, 2.45) is 17.3 Å². The van der Waals surface area contributed by atoms with Gasteiger partial charge in [0.1, 0.15) is 18.2 Å². The topological polar surface area (TPSA) is 66.8 Å². The van der Waals surface area contributed by atoms with Crippen molar-refractivity contribution in [2.75, 3.05) is 13.2 Å². The zero-order valence-electron chi connectivity index (χ0n) is 22.6. The molecule has 1 N–H and O–H groups in total. The van der Waals surface area contributed by atoms with Crippen LogP contribution in [-0.4, -0.2) is 47.3 Å². The normalized spacial score (nSPS) is 32.0. The van der Waals surface area contributed by atoms with Crippen LogP contribution in [0.25, 0.3) is 0 Å². The molecule has 2 heterocycles. The van der Waals surface area contributed by atoms with Gasteiger partial charge in [-0.05, 0) is 81.0 Å². The fraction of sp³-hybridized carbons (Fsp3) is 0.548. The average Bonchev–Trinajstić information content (AvgIpc) is 2.86. The Morgan fingerprint density at radius 1 is 1.02 bits per heavy atom. The van der Waals surface area contributed by atoms with E-state index in [0.29, 0.717) is 64.0 Å². The fourth-order valence-electron chi connectivity index (χ4n) is 7.85. The molecule has 1 amide bonds. The van der Waals surface area contributed by atoms with Crippen LogP contribution < -0.4 is 4.74 Å². The Hall–Kier alpha value is -3.17. The van der Waals surface area contributed by atoms with E-state index in [1.807, 2.05) is 4.90 Å². The lowest BCUT2D eigenvalue weighted by Crippen LogP contribution is -2.64. The molecule has 5 nitrogen and oxygen atoms in total. The van der Waals surface area contributed by atoms with Gasteiger partial charge in [0.15, 0.2) is 0 Å². The second-order valence-electron chi connectivity index (χ2n) is 12.7. The lowest BCUT2D eigenvalue weighted by atomic mass is 9.48. The predicted molar refractivity (Wildman–Crippen MR) is 138 cm³/mol. The van der Waals surface area contributed by atoms with Crippen LogP contribution in [0.15, 0.2) is 42.5 Å². The number of carboxylic acids is 1. The smallest absolute Gasteiger partial charge is 0.426 e. The molecule has 2 aromatic rings. The van der Waals surface area contributed by atoms with Crippen LogP contribution in [-0.2, 0) is 27.1 Å². The standard InChI is InChI=1S/C31H32F5NO4/c1-28(33,31(34,35)36)21-5-8-23-24(11-21)41-17-25-30(23,12-18-3-6-22(32)7-4-18)9-2-10-37(25)26(38)19-13-29(14-19)15-20(16-29)27(39)40/h3-8,11,19-20,25H,2,9-10,12-17H2,1H3,(H,39,40). The number of likely N-dealkylation sites (tertiary alicyclic amines) is 1. The van der Waals surface area contributed by atoms with Crippen LogP contribution in [0.4, 0.5) is 22.0 Å². The maximum Gasteiger partial charge on any atom is 0.426 e. The Morgan fingerprint density at radius 3 is 2.32 bits per heavy atom. The minimum Gasteiger partial charge on any atom is -0.491 e. The van der Waals surface area contributed by atoms with Crippen LogP contribution >= 0.6 is 0 Å². The number of ether oxygens (including phenoxy) is 1. The van der Waals surface area contributed by atoms with Gasteiger partial charge in [0.05, 0.1) is 12.0 Å². The molecule has 2 aliphatic heterocycles. The number of hydrogen-bond acceptors (Lipinski definition) is 3. The van der Waals surface area contributed by atoms with E-state index >= 15 is 0 Å². The average molecular weight is 578 g/mol. The molecule has 2 aromatic carbocycles. The molecule has 0 bridgehead atoms. The van der Waals surface area contributed by atoms with E-state index < -0.39 is 40.7 Å². The number of benzene rings is 2. The Morgan fingerprint density at radius 2 is 1.68 bits per heavy atom. The summed E-state index contributed by atoms with van der Waals surface area (Å²) in [5.41, 5.74) is -3.50. The van der Waals surface area contributed by atoms with Gasteiger partial charge in [0.2, 0.25) is 11.6 Å². The summed E-state index contributed by atoms with van der Waals surface area (Å²) in [6.45, 7) is 1.03. The van der Waals surface area contributed by atoms with Crippen molar-refractivity contribution in [1.29, 1.82) is 0 Å². The number of aliphatic carboxylic acids is 1. The molecule has 10 heteroatoms. The maximum absolute atomic E-state index is 14.9. The van der Waals surface area contributed by atoms with Crippen molar-refractivity contribution in [3.8, 4) is 5.75 Å². The van der Waals surface area contributed by atoms with Crippen molar-refractivity contribution in [3.63, 3.8) is 0 Å². The highest BCUT2D eigenvalue weighted by Gasteiger charge is 2.59. The summed E-state index contributed by atoms with van der Waals surface area (Å²) in [6.07, 6.45) is -0.957. The van der Waals surface area contributed by atoms with Crippen molar-refractivity contribution < 1.29 is 41.4 Å². The van der Waals surface area contributed by atoms with Gasteiger partial charge in [0, 0.05) is 29.0 Å². The number of fused-ring (bicyclic) bond motifs is 3. The molecule has 1 saturated heterocycles. The molecule has 4 aliphatic rings. The van der Waals surface area contributed by atoms with Crippen LogP contribution in [0.2, 0.25) is 0 Å². The predicted octanol–water partition coefficient (Wildman–Crippen LogP) is 6.33. The number of halogens is 5. The molecule has 2 saturated carbocycles. The van der Waals surface area contributed by atoms with E-state index in [1.54, 1.807) is 12.1 Å². The SMILES string of the molecule is CC(F)(c1ccc2c(c1)OCC1N(C(=O)C3CC4(CC(C(=O)O)C4)C3)CCCC21Cc1ccc(F)cc1)C(F)(F)F. The van der Waals surface area contributed by atoms with E-state index in [1.165, 1.54) is 18.2 Å². The number of carbonyl (C=O) groups is 2. The van der Waals surface area contributed by atoms with Gasteiger partial charge < -0.3 is 14.7 Å². The monoisotopic (exact) mass is 577 g/mol. The molecule has 0 radical (unpaired) electrons. The van der Waals surface area contributed by atoms with Gasteiger partial charge in [-0.25, -0.2) is 8.78 Å². The number of carbonyl (C=O) groups excluding carboxylic acids is 1. The molecule has 2 aliphatic carbocycles. The first kappa shape index (κ1) is 28.0. The lowest BCUT2D eigenvalue weighted by Gasteiger charge is -2.59. The van der Waals surface area contributed by atoms with Crippen LogP contribution in [0, 0.1) is 23.1 Å². The third kappa shape index (κ3) is 4.48. The highest BCUT2D eigenvalue weighted by Crippen LogP contribution is 2.62. The molecule has 6 rings (SSSR count). The summed E-state index contributed by atoms with van der Waals surface area (Å²) in [5.74, 6) is -1.60. The van der Waals surface area contributed by atoms with Gasteiger partial charge in [-0.15, -0.1) is 0 Å². The Labute approximate surface area is 234 Å².